The van der Waals surface area contributed by atoms with Crippen LogP contribution in [0, 0.1) is 0 Å². The Hall–Kier alpha value is -2.42. The fraction of sp³-hybridized carbons (Fsp3) is 0.438. The number of esters is 1. The number of carbonyl (C=O) groups is 2. The van der Waals surface area contributed by atoms with Gasteiger partial charge in [-0.25, -0.2) is 8.42 Å². The zero-order valence-electron chi connectivity index (χ0n) is 14.3. The highest BCUT2D eigenvalue weighted by atomic mass is 32.2. The van der Waals surface area contributed by atoms with Crippen molar-refractivity contribution in [1.29, 1.82) is 0 Å². The maximum Gasteiger partial charge on any atom is 0.308 e. The van der Waals surface area contributed by atoms with Crippen LogP contribution >= 0.6 is 0 Å². The molecule has 0 aromatic heterocycles. The maximum atomic E-state index is 11.9. The Labute approximate surface area is 146 Å². The molecule has 0 atom stereocenters. The number of amidine groups is 1. The van der Waals surface area contributed by atoms with Crippen LogP contribution in [0.3, 0.4) is 0 Å². The van der Waals surface area contributed by atoms with E-state index in [4.69, 9.17) is 4.74 Å². The summed E-state index contributed by atoms with van der Waals surface area (Å²) in [5.74, 6) is -0.763. The van der Waals surface area contributed by atoms with Gasteiger partial charge in [-0.1, -0.05) is 12.1 Å². The summed E-state index contributed by atoms with van der Waals surface area (Å²) < 4.78 is 31.1. The molecule has 1 aromatic carbocycles. The quantitative estimate of drug-likeness (QED) is 0.739. The van der Waals surface area contributed by atoms with E-state index in [0.717, 1.165) is 0 Å². The number of aliphatic imine (C=N–C) groups is 1. The lowest BCUT2D eigenvalue weighted by atomic mass is 10.1. The van der Waals surface area contributed by atoms with Crippen molar-refractivity contribution in [3.63, 3.8) is 0 Å². The Kier molecular flexibility index (Phi) is 5.46. The normalized spacial score (nSPS) is 16.8. The maximum absolute atomic E-state index is 11.9. The standard InChI is InChI=1S/C16H21N3O5S/c1-16(2,3)18-13(20)10-24-14(21)8-9-17-15-11-6-4-5-7-12(11)25(22,23)19-15/h4-7H,8-10H2,1-3H3,(H,17,19)(H,18,20). The lowest BCUT2D eigenvalue weighted by Crippen LogP contribution is -2.42. The topological polar surface area (TPSA) is 114 Å². The minimum Gasteiger partial charge on any atom is -0.456 e. The highest BCUT2D eigenvalue weighted by Gasteiger charge is 2.29. The van der Waals surface area contributed by atoms with Gasteiger partial charge in [0.25, 0.3) is 15.9 Å². The summed E-state index contributed by atoms with van der Waals surface area (Å²) in [7, 11) is -3.59. The monoisotopic (exact) mass is 367 g/mol. The van der Waals surface area contributed by atoms with E-state index in [-0.39, 0.29) is 36.2 Å². The van der Waals surface area contributed by atoms with Crippen LogP contribution in [0.2, 0.25) is 0 Å². The third-order valence-electron chi connectivity index (χ3n) is 3.13. The number of ether oxygens (including phenoxy) is 1. The van der Waals surface area contributed by atoms with Gasteiger partial charge >= 0.3 is 5.97 Å². The smallest absolute Gasteiger partial charge is 0.308 e. The van der Waals surface area contributed by atoms with Crippen LogP contribution < -0.4 is 10.0 Å². The molecule has 2 N–H and O–H groups in total. The number of fused-ring (bicyclic) bond motifs is 1. The predicted molar refractivity (Wildman–Crippen MR) is 91.6 cm³/mol. The number of nitrogens with one attached hydrogen (secondary N) is 2. The number of amides is 1. The molecule has 0 radical (unpaired) electrons. The summed E-state index contributed by atoms with van der Waals surface area (Å²) in [5.41, 5.74) is 0.0723. The molecule has 1 aromatic rings. The van der Waals surface area contributed by atoms with E-state index in [1.807, 2.05) is 20.8 Å². The van der Waals surface area contributed by atoms with Crippen molar-refractivity contribution in [3.8, 4) is 0 Å². The number of sulfonamides is 1. The van der Waals surface area contributed by atoms with Crippen LogP contribution in [-0.2, 0) is 24.3 Å². The molecule has 0 saturated carbocycles. The number of nitrogens with zero attached hydrogens (tertiary/aromatic N) is 1. The van der Waals surface area contributed by atoms with Crippen LogP contribution in [0.1, 0.15) is 32.8 Å². The molecule has 0 saturated heterocycles. The van der Waals surface area contributed by atoms with E-state index in [1.54, 1.807) is 18.2 Å². The van der Waals surface area contributed by atoms with Gasteiger partial charge in [0.05, 0.1) is 17.9 Å². The highest BCUT2D eigenvalue weighted by molar-refractivity contribution is 7.90. The second-order valence-corrected chi connectivity index (χ2v) is 8.19. The molecule has 0 spiro atoms. The fourth-order valence-corrected chi connectivity index (χ4v) is 3.43. The van der Waals surface area contributed by atoms with Crippen molar-refractivity contribution < 1.29 is 22.7 Å². The third-order valence-corrected chi connectivity index (χ3v) is 4.52. The fourth-order valence-electron chi connectivity index (χ4n) is 2.18. The highest BCUT2D eigenvalue weighted by Crippen LogP contribution is 2.22. The van der Waals surface area contributed by atoms with Crippen LogP contribution in [0.5, 0.6) is 0 Å². The zero-order valence-corrected chi connectivity index (χ0v) is 15.1. The average Bonchev–Trinajstić information content (AvgIpc) is 2.75. The van der Waals surface area contributed by atoms with Crippen LogP contribution in [0.25, 0.3) is 0 Å². The summed E-state index contributed by atoms with van der Waals surface area (Å²) in [6, 6.07) is 6.46. The van der Waals surface area contributed by atoms with Gasteiger partial charge in [-0.15, -0.1) is 0 Å². The molecule has 136 valence electrons. The molecule has 1 aliphatic heterocycles. The summed E-state index contributed by atoms with van der Waals surface area (Å²) in [4.78, 5) is 27.5. The van der Waals surface area contributed by atoms with Gasteiger partial charge in [-0.3, -0.25) is 19.3 Å². The average molecular weight is 367 g/mol. The Bertz CT molecular complexity index is 809. The van der Waals surface area contributed by atoms with Crippen molar-refractivity contribution in [2.45, 2.75) is 37.6 Å². The van der Waals surface area contributed by atoms with Crippen LogP contribution in [0.4, 0.5) is 0 Å². The summed E-state index contributed by atoms with van der Waals surface area (Å²) in [5, 5.41) is 2.67. The molecule has 8 nitrogen and oxygen atoms in total. The van der Waals surface area contributed by atoms with E-state index < -0.39 is 21.5 Å². The molecule has 1 aliphatic rings. The van der Waals surface area contributed by atoms with Crippen molar-refractivity contribution in [1.82, 2.24) is 10.0 Å². The SMILES string of the molecule is CC(C)(C)NC(=O)COC(=O)CCN=C1NS(=O)(=O)c2ccccc21. The minimum atomic E-state index is -3.59. The molecule has 1 amide bonds. The molecule has 1 heterocycles. The number of hydrogen-bond donors (Lipinski definition) is 2. The molecule has 0 unspecified atom stereocenters. The lowest BCUT2D eigenvalue weighted by Gasteiger charge is -2.20. The minimum absolute atomic E-state index is 0.0475. The largest absolute Gasteiger partial charge is 0.456 e. The van der Waals surface area contributed by atoms with E-state index in [1.165, 1.54) is 6.07 Å². The molecule has 25 heavy (non-hydrogen) atoms. The molecular weight excluding hydrogens is 346 g/mol. The van der Waals surface area contributed by atoms with Gasteiger partial charge in [-0.05, 0) is 32.9 Å². The summed E-state index contributed by atoms with van der Waals surface area (Å²) in [6.07, 6.45) is -0.0593. The predicted octanol–water partition coefficient (Wildman–Crippen LogP) is 0.573. The first-order valence-corrected chi connectivity index (χ1v) is 9.20. The van der Waals surface area contributed by atoms with Gasteiger partial charge < -0.3 is 10.1 Å². The Morgan fingerprint density at radius 3 is 2.60 bits per heavy atom. The van der Waals surface area contributed by atoms with E-state index in [2.05, 4.69) is 15.0 Å². The Balaban J connectivity index is 1.86. The molecule has 0 aliphatic carbocycles. The second kappa shape index (κ2) is 7.22. The van der Waals surface area contributed by atoms with Gasteiger partial charge in [0.2, 0.25) is 0 Å². The third kappa shape index (κ3) is 5.28. The van der Waals surface area contributed by atoms with Crippen LogP contribution in [0.15, 0.2) is 34.2 Å². The van der Waals surface area contributed by atoms with Crippen molar-refractivity contribution >= 4 is 27.7 Å². The number of hydrogen-bond acceptors (Lipinski definition) is 6. The van der Waals surface area contributed by atoms with Crippen molar-refractivity contribution in [3.05, 3.63) is 29.8 Å². The van der Waals surface area contributed by atoms with Gasteiger partial charge in [0.15, 0.2) is 6.61 Å². The molecule has 0 bridgehead atoms. The Morgan fingerprint density at radius 2 is 1.92 bits per heavy atom. The van der Waals surface area contributed by atoms with Gasteiger partial charge in [0.1, 0.15) is 5.84 Å². The number of rotatable bonds is 5. The van der Waals surface area contributed by atoms with Gasteiger partial charge in [0, 0.05) is 11.1 Å². The lowest BCUT2D eigenvalue weighted by molar-refractivity contribution is -0.148. The zero-order chi connectivity index (χ0) is 18.7. The van der Waals surface area contributed by atoms with Crippen molar-refractivity contribution in [2.75, 3.05) is 13.2 Å². The van der Waals surface area contributed by atoms with Gasteiger partial charge in [-0.2, -0.15) is 0 Å². The summed E-state index contributed by atoms with van der Waals surface area (Å²) in [6.45, 7) is 5.16. The number of benzene rings is 1. The second-order valence-electron chi connectivity index (χ2n) is 6.54. The van der Waals surface area contributed by atoms with E-state index in [9.17, 15) is 18.0 Å². The Morgan fingerprint density at radius 1 is 1.24 bits per heavy atom. The van der Waals surface area contributed by atoms with E-state index >= 15 is 0 Å². The molecule has 0 fully saturated rings. The first-order chi connectivity index (χ1) is 11.6. The summed E-state index contributed by atoms with van der Waals surface area (Å²) >= 11 is 0. The molecular formula is C16H21N3O5S. The first kappa shape index (κ1) is 18.9. The molecule has 9 heteroatoms. The van der Waals surface area contributed by atoms with Crippen LogP contribution in [-0.4, -0.2) is 44.8 Å². The first-order valence-electron chi connectivity index (χ1n) is 7.72. The molecule has 2 rings (SSSR count). The van der Waals surface area contributed by atoms with E-state index in [0.29, 0.717) is 5.56 Å². The van der Waals surface area contributed by atoms with Crippen molar-refractivity contribution in [2.24, 2.45) is 4.99 Å². The number of carbonyl (C=O) groups excluding carboxylic acids is 2.